The van der Waals surface area contributed by atoms with Crippen LogP contribution in [0.1, 0.15) is 35.2 Å². The van der Waals surface area contributed by atoms with Crippen LogP contribution >= 0.6 is 43.2 Å². The van der Waals surface area contributed by atoms with E-state index in [1.807, 2.05) is 0 Å². The van der Waals surface area contributed by atoms with Gasteiger partial charge in [-0.3, -0.25) is 0 Å². The molecule has 1 N–H and O–H groups in total. The average molecular weight is 433 g/mol. The molecule has 1 aromatic carbocycles. The molecule has 5 heteroatoms. The number of nitrogens with one attached hydrogen (secondary N) is 1. The molecule has 2 rings (SSSR count). The molecule has 0 spiro atoms. The number of methoxy groups -OCH3 is 1. The van der Waals surface area contributed by atoms with Crippen molar-refractivity contribution < 1.29 is 4.74 Å². The second-order valence-corrected chi connectivity index (χ2v) is 8.72. The first-order valence-corrected chi connectivity index (χ1v) is 9.21. The fraction of sp³-hybridized carbons (Fsp3) is 0.375. The normalized spacial score (nSPS) is 12.5. The van der Waals surface area contributed by atoms with Gasteiger partial charge < -0.3 is 10.1 Å². The molecule has 2 nitrogen and oxygen atoms in total. The van der Waals surface area contributed by atoms with Gasteiger partial charge in [0.1, 0.15) is 5.75 Å². The third-order valence-electron chi connectivity index (χ3n) is 3.40. The first-order valence-electron chi connectivity index (χ1n) is 6.81. The number of hydrogen-bond acceptors (Lipinski definition) is 3. The van der Waals surface area contributed by atoms with Crippen LogP contribution < -0.4 is 10.1 Å². The van der Waals surface area contributed by atoms with Crippen LogP contribution in [0.3, 0.4) is 0 Å². The monoisotopic (exact) mass is 431 g/mol. The third-order valence-corrected chi connectivity index (χ3v) is 5.79. The van der Waals surface area contributed by atoms with Crippen molar-refractivity contribution in [1.82, 2.24) is 5.32 Å². The number of ether oxygens (including phenoxy) is 1. The molecule has 1 aromatic heterocycles. The number of halogens is 2. The standard InChI is InChI=1S/C16H19Br2NOS/c1-5-19-15(11-8-13(17)21-16(11)18)14-10(3)6-9(2)7-12(14)20-4/h6-8,15,19H,5H2,1-4H3. The summed E-state index contributed by atoms with van der Waals surface area (Å²) in [6.45, 7) is 7.25. The molecule has 1 heterocycles. The van der Waals surface area contributed by atoms with Gasteiger partial charge in [-0.1, -0.05) is 13.0 Å². The summed E-state index contributed by atoms with van der Waals surface area (Å²) in [6.07, 6.45) is 0. The Balaban J connectivity index is 2.60. The van der Waals surface area contributed by atoms with E-state index in [9.17, 15) is 0 Å². The van der Waals surface area contributed by atoms with Crippen LogP contribution in [0.25, 0.3) is 0 Å². The Morgan fingerprint density at radius 3 is 2.48 bits per heavy atom. The Hall–Kier alpha value is -0.360. The molecule has 0 fully saturated rings. The van der Waals surface area contributed by atoms with E-state index in [0.717, 1.165) is 19.9 Å². The van der Waals surface area contributed by atoms with Crippen LogP contribution in [0.5, 0.6) is 5.75 Å². The second-order valence-electron chi connectivity index (χ2n) is 4.97. The van der Waals surface area contributed by atoms with Crippen LogP contribution in [0.4, 0.5) is 0 Å². The molecule has 0 aliphatic carbocycles. The van der Waals surface area contributed by atoms with Crippen LogP contribution in [-0.4, -0.2) is 13.7 Å². The lowest BCUT2D eigenvalue weighted by atomic mass is 9.94. The molecule has 0 amide bonds. The fourth-order valence-electron chi connectivity index (χ4n) is 2.60. The molecule has 0 saturated heterocycles. The van der Waals surface area contributed by atoms with Gasteiger partial charge in [0, 0.05) is 5.56 Å². The molecule has 1 atom stereocenters. The Morgan fingerprint density at radius 2 is 1.95 bits per heavy atom. The first kappa shape index (κ1) is 17.0. The molecule has 0 saturated carbocycles. The maximum absolute atomic E-state index is 5.64. The summed E-state index contributed by atoms with van der Waals surface area (Å²) in [7, 11) is 1.74. The number of thiophene rings is 1. The minimum absolute atomic E-state index is 0.113. The van der Waals surface area contributed by atoms with Gasteiger partial charge in [-0.05, 0) is 81.1 Å². The minimum atomic E-state index is 0.113. The van der Waals surface area contributed by atoms with Crippen LogP contribution in [0.15, 0.2) is 25.8 Å². The predicted molar refractivity (Wildman–Crippen MR) is 97.7 cm³/mol. The van der Waals surface area contributed by atoms with E-state index in [-0.39, 0.29) is 6.04 Å². The lowest BCUT2D eigenvalue weighted by molar-refractivity contribution is 0.403. The number of rotatable bonds is 5. The number of benzene rings is 1. The summed E-state index contributed by atoms with van der Waals surface area (Å²) in [5.41, 5.74) is 4.90. The summed E-state index contributed by atoms with van der Waals surface area (Å²) in [5, 5.41) is 3.58. The number of hydrogen-bond donors (Lipinski definition) is 1. The largest absolute Gasteiger partial charge is 0.496 e. The molecule has 114 valence electrons. The van der Waals surface area contributed by atoms with Gasteiger partial charge in [0.25, 0.3) is 0 Å². The zero-order valence-corrected chi connectivity index (χ0v) is 16.6. The lowest BCUT2D eigenvalue weighted by Gasteiger charge is -2.23. The molecule has 0 bridgehead atoms. The highest BCUT2D eigenvalue weighted by Crippen LogP contribution is 2.41. The summed E-state index contributed by atoms with van der Waals surface area (Å²) in [5.74, 6) is 0.938. The van der Waals surface area contributed by atoms with Crippen LogP contribution in [-0.2, 0) is 0 Å². The maximum Gasteiger partial charge on any atom is 0.124 e. The highest BCUT2D eigenvalue weighted by Gasteiger charge is 2.23. The van der Waals surface area contributed by atoms with Crippen LogP contribution in [0.2, 0.25) is 0 Å². The quantitative estimate of drug-likeness (QED) is 0.663. The van der Waals surface area contributed by atoms with E-state index < -0.39 is 0 Å². The Morgan fingerprint density at radius 1 is 1.24 bits per heavy atom. The predicted octanol–water partition coefficient (Wildman–Crippen LogP) is 5.60. The molecular formula is C16H19Br2NOS. The molecule has 1 unspecified atom stereocenters. The molecular weight excluding hydrogens is 414 g/mol. The van der Waals surface area contributed by atoms with Gasteiger partial charge in [-0.15, -0.1) is 11.3 Å². The van der Waals surface area contributed by atoms with Gasteiger partial charge in [0.15, 0.2) is 0 Å². The van der Waals surface area contributed by atoms with Crippen LogP contribution in [0, 0.1) is 13.8 Å². The van der Waals surface area contributed by atoms with E-state index in [1.54, 1.807) is 18.4 Å². The van der Waals surface area contributed by atoms with Crippen molar-refractivity contribution in [2.24, 2.45) is 0 Å². The SMILES string of the molecule is CCNC(c1cc(Br)sc1Br)c1c(C)cc(C)cc1OC. The first-order chi connectivity index (χ1) is 9.97. The summed E-state index contributed by atoms with van der Waals surface area (Å²) >= 11 is 8.94. The molecule has 21 heavy (non-hydrogen) atoms. The molecule has 0 aliphatic rings. The summed E-state index contributed by atoms with van der Waals surface area (Å²) < 4.78 is 7.90. The van der Waals surface area contributed by atoms with E-state index in [0.29, 0.717) is 0 Å². The van der Waals surface area contributed by atoms with E-state index >= 15 is 0 Å². The average Bonchev–Trinajstić information content (AvgIpc) is 2.75. The molecule has 0 radical (unpaired) electrons. The zero-order chi connectivity index (χ0) is 15.6. The Bertz CT molecular complexity index is 639. The van der Waals surface area contributed by atoms with Gasteiger partial charge in [0.05, 0.1) is 20.7 Å². The molecule has 0 aliphatic heterocycles. The van der Waals surface area contributed by atoms with E-state index in [1.165, 1.54) is 22.3 Å². The maximum atomic E-state index is 5.64. The molecule has 2 aromatic rings. The van der Waals surface area contributed by atoms with Gasteiger partial charge in [-0.25, -0.2) is 0 Å². The minimum Gasteiger partial charge on any atom is -0.496 e. The fourth-order valence-corrected chi connectivity index (χ4v) is 5.50. The van der Waals surface area contributed by atoms with Crippen molar-refractivity contribution in [3.8, 4) is 5.75 Å². The zero-order valence-electron chi connectivity index (χ0n) is 12.6. The smallest absolute Gasteiger partial charge is 0.124 e. The van der Waals surface area contributed by atoms with Crippen molar-refractivity contribution >= 4 is 43.2 Å². The highest BCUT2D eigenvalue weighted by molar-refractivity contribution is 9.12. The van der Waals surface area contributed by atoms with Gasteiger partial charge >= 0.3 is 0 Å². The van der Waals surface area contributed by atoms with Gasteiger partial charge in [-0.2, -0.15) is 0 Å². The lowest BCUT2D eigenvalue weighted by Crippen LogP contribution is -2.23. The van der Waals surface area contributed by atoms with Gasteiger partial charge in [0.2, 0.25) is 0 Å². The van der Waals surface area contributed by atoms with Crippen molar-refractivity contribution in [2.75, 3.05) is 13.7 Å². The van der Waals surface area contributed by atoms with Crippen molar-refractivity contribution in [3.63, 3.8) is 0 Å². The number of aryl methyl sites for hydroxylation is 2. The van der Waals surface area contributed by atoms with E-state index in [2.05, 4.69) is 76.1 Å². The summed E-state index contributed by atoms with van der Waals surface area (Å²) in [6, 6.07) is 6.59. The van der Waals surface area contributed by atoms with Crippen molar-refractivity contribution in [3.05, 3.63) is 48.0 Å². The third kappa shape index (κ3) is 3.70. The van der Waals surface area contributed by atoms with Crippen molar-refractivity contribution in [2.45, 2.75) is 26.8 Å². The van der Waals surface area contributed by atoms with E-state index in [4.69, 9.17) is 4.74 Å². The Labute approximate surface area is 147 Å². The van der Waals surface area contributed by atoms with Crippen molar-refractivity contribution in [1.29, 1.82) is 0 Å². The second kappa shape index (κ2) is 7.27. The Kier molecular flexibility index (Phi) is 5.88. The summed E-state index contributed by atoms with van der Waals surface area (Å²) in [4.78, 5) is 0. The topological polar surface area (TPSA) is 21.3 Å². The highest BCUT2D eigenvalue weighted by atomic mass is 79.9.